The molecule has 5 aliphatic carbocycles. The van der Waals surface area contributed by atoms with Gasteiger partial charge < -0.3 is 9.47 Å². The number of aromatic nitrogens is 1. The van der Waals surface area contributed by atoms with Crippen LogP contribution in [-0.2, 0) is 5.41 Å². The number of hydrogen-bond donors (Lipinski definition) is 0. The zero-order valence-corrected chi connectivity index (χ0v) is 40.3. The van der Waals surface area contributed by atoms with Crippen LogP contribution in [0.3, 0.4) is 0 Å². The highest BCUT2D eigenvalue weighted by Gasteiger charge is 2.62. The van der Waals surface area contributed by atoms with Gasteiger partial charge in [0.05, 0.1) is 22.4 Å². The maximum absolute atomic E-state index is 2.61. The predicted octanol–water partition coefficient (Wildman–Crippen LogP) is 18.6. The molecule has 5 aliphatic rings. The molecule has 1 aromatic heterocycles. The molecule has 2 nitrogen and oxygen atoms in total. The van der Waals surface area contributed by atoms with E-state index in [1.54, 1.807) is 11.1 Å². The van der Waals surface area contributed by atoms with Crippen LogP contribution < -0.4 is 4.90 Å². The Bertz CT molecular complexity index is 3850. The van der Waals surface area contributed by atoms with E-state index in [-0.39, 0.29) is 5.41 Å². The molecule has 0 amide bonds. The van der Waals surface area contributed by atoms with Gasteiger partial charge in [-0.05, 0) is 166 Å². The topological polar surface area (TPSA) is 8.17 Å². The summed E-state index contributed by atoms with van der Waals surface area (Å²) in [6.07, 6.45) is 6.88. The molecule has 4 saturated carbocycles. The van der Waals surface area contributed by atoms with Crippen molar-refractivity contribution in [1.29, 1.82) is 0 Å². The first-order valence-electron chi connectivity index (χ1n) is 26.3. The first kappa shape index (κ1) is 41.6. The molecule has 10 aromatic carbocycles. The summed E-state index contributed by atoms with van der Waals surface area (Å²) >= 11 is 0. The Morgan fingerprint density at radius 2 is 0.875 bits per heavy atom. The highest BCUT2D eigenvalue weighted by molar-refractivity contribution is 6.10. The second-order valence-electron chi connectivity index (χ2n) is 21.2. The van der Waals surface area contributed by atoms with Gasteiger partial charge in [-0.15, -0.1) is 0 Å². The molecule has 0 N–H and O–H groups in total. The summed E-state index contributed by atoms with van der Waals surface area (Å²) in [6, 6.07) is 90.9. The molecule has 4 bridgehead atoms. The van der Waals surface area contributed by atoms with Gasteiger partial charge in [0.25, 0.3) is 0 Å². The fourth-order valence-corrected chi connectivity index (χ4v) is 15.0. The molecule has 0 atom stereocenters. The minimum atomic E-state index is 0.0560. The molecule has 72 heavy (non-hydrogen) atoms. The van der Waals surface area contributed by atoms with E-state index in [0.717, 1.165) is 17.5 Å². The van der Waals surface area contributed by atoms with E-state index < -0.39 is 0 Å². The first-order valence-corrected chi connectivity index (χ1v) is 26.3. The Labute approximate surface area is 422 Å². The van der Waals surface area contributed by atoms with Gasteiger partial charge in [0.1, 0.15) is 0 Å². The summed E-state index contributed by atoms with van der Waals surface area (Å²) in [5, 5.41) is 2.52. The number of fused-ring (bicyclic) bond motifs is 6. The van der Waals surface area contributed by atoms with Crippen molar-refractivity contribution in [3.8, 4) is 61.3 Å². The normalized spacial score (nSPS) is 20.3. The van der Waals surface area contributed by atoms with Crippen LogP contribution in [0.4, 0.5) is 17.1 Å². The van der Waals surface area contributed by atoms with Gasteiger partial charge in [0, 0.05) is 38.7 Å². The molecule has 0 aliphatic heterocycles. The van der Waals surface area contributed by atoms with Crippen LogP contribution in [0, 0.1) is 23.7 Å². The van der Waals surface area contributed by atoms with Gasteiger partial charge in [0.15, 0.2) is 0 Å². The lowest BCUT2D eigenvalue weighted by atomic mass is 9.43. The Morgan fingerprint density at radius 1 is 0.347 bits per heavy atom. The Kier molecular flexibility index (Phi) is 9.49. The third-order valence-electron chi connectivity index (χ3n) is 17.6. The standard InChI is InChI=1S/C70H54N2/c1-3-18-49(19-4-1)55-22-7-8-23-56(55)57-24-9-10-25-58(57)59-26-12-15-31-65(59)72(68-33-17-30-64-69(68)61-28-11-14-29-63(61)70(64)51-41-46-40-47(43-51)44-52(70)42-46)54-37-34-48(35-38-54)50-36-39-67-62(45-50)60-27-13-16-32-66(60)71(67)53-20-5-2-6-21-53/h1-39,45-47,51-52H,40-44H2. The zero-order valence-electron chi connectivity index (χ0n) is 40.3. The summed E-state index contributed by atoms with van der Waals surface area (Å²) in [4.78, 5) is 2.61. The van der Waals surface area contributed by atoms with Gasteiger partial charge in [-0.1, -0.05) is 188 Å². The fourth-order valence-electron chi connectivity index (χ4n) is 15.0. The third kappa shape index (κ3) is 6.21. The number of nitrogens with zero attached hydrogens (tertiary/aromatic N) is 2. The molecule has 2 heteroatoms. The Hall–Kier alpha value is -8.20. The molecule has 0 radical (unpaired) electrons. The molecule has 0 saturated heterocycles. The van der Waals surface area contributed by atoms with Crippen molar-refractivity contribution in [2.45, 2.75) is 37.5 Å². The lowest BCUT2D eigenvalue weighted by molar-refractivity contribution is -0.0399. The Morgan fingerprint density at radius 3 is 1.61 bits per heavy atom. The van der Waals surface area contributed by atoms with Gasteiger partial charge in [-0.2, -0.15) is 0 Å². The van der Waals surface area contributed by atoms with E-state index in [0.29, 0.717) is 11.8 Å². The number of hydrogen-bond acceptors (Lipinski definition) is 1. The van der Waals surface area contributed by atoms with E-state index in [2.05, 4.69) is 252 Å². The SMILES string of the molecule is c1ccc(-c2ccccc2-c2ccccc2-c2ccccc2N(c2ccc(-c3ccc4c(c3)c3ccccc3n4-c3ccccc3)cc2)c2cccc3c2-c2ccccc2C32C3CC4CC(C3)CC2C4)cc1. The first-order chi connectivity index (χ1) is 35.7. The maximum atomic E-state index is 2.61. The molecule has 11 aromatic rings. The number of benzene rings is 10. The van der Waals surface area contributed by atoms with Crippen LogP contribution in [0.1, 0.15) is 43.2 Å². The van der Waals surface area contributed by atoms with E-state index >= 15 is 0 Å². The smallest absolute Gasteiger partial charge is 0.0543 e. The van der Waals surface area contributed by atoms with Crippen LogP contribution in [0.15, 0.2) is 243 Å². The average molecular weight is 923 g/mol. The lowest BCUT2D eigenvalue weighted by Crippen LogP contribution is -2.55. The van der Waals surface area contributed by atoms with Crippen LogP contribution in [-0.4, -0.2) is 4.57 Å². The third-order valence-corrected chi connectivity index (χ3v) is 17.6. The van der Waals surface area contributed by atoms with E-state index in [1.165, 1.54) is 127 Å². The number of rotatable bonds is 8. The fraction of sp³-hybridized carbons (Fsp3) is 0.143. The Balaban J connectivity index is 0.927. The second kappa shape index (κ2) is 16.4. The molecular weight excluding hydrogens is 869 g/mol. The van der Waals surface area contributed by atoms with Gasteiger partial charge >= 0.3 is 0 Å². The van der Waals surface area contributed by atoms with Gasteiger partial charge in [-0.3, -0.25) is 0 Å². The van der Waals surface area contributed by atoms with E-state index in [1.807, 2.05) is 0 Å². The summed E-state index contributed by atoms with van der Waals surface area (Å²) in [5.41, 5.74) is 22.9. The van der Waals surface area contributed by atoms with Crippen molar-refractivity contribution in [2.24, 2.45) is 23.7 Å². The van der Waals surface area contributed by atoms with Crippen molar-refractivity contribution in [3.63, 3.8) is 0 Å². The van der Waals surface area contributed by atoms with Crippen molar-refractivity contribution in [2.75, 3.05) is 4.90 Å². The van der Waals surface area contributed by atoms with Crippen molar-refractivity contribution in [1.82, 2.24) is 4.57 Å². The maximum Gasteiger partial charge on any atom is 0.0543 e. The summed E-state index contributed by atoms with van der Waals surface area (Å²) in [6.45, 7) is 0. The van der Waals surface area contributed by atoms with E-state index in [9.17, 15) is 0 Å². The highest BCUT2D eigenvalue weighted by atomic mass is 15.1. The molecule has 0 unspecified atom stereocenters. The molecule has 4 fully saturated rings. The second-order valence-corrected chi connectivity index (χ2v) is 21.2. The van der Waals surface area contributed by atoms with Crippen LogP contribution in [0.25, 0.3) is 83.1 Å². The summed E-state index contributed by atoms with van der Waals surface area (Å²) in [7, 11) is 0. The molecular formula is C70H54N2. The molecule has 1 spiro atoms. The summed E-state index contributed by atoms with van der Waals surface area (Å²) < 4.78 is 2.40. The van der Waals surface area contributed by atoms with Crippen molar-refractivity contribution >= 4 is 38.9 Å². The highest BCUT2D eigenvalue weighted by Crippen LogP contribution is 2.70. The van der Waals surface area contributed by atoms with Gasteiger partial charge in [0.2, 0.25) is 0 Å². The molecule has 16 rings (SSSR count). The van der Waals surface area contributed by atoms with Crippen molar-refractivity contribution in [3.05, 3.63) is 254 Å². The largest absolute Gasteiger partial charge is 0.309 e. The van der Waals surface area contributed by atoms with Gasteiger partial charge in [-0.25, -0.2) is 0 Å². The predicted molar refractivity (Wildman–Crippen MR) is 300 cm³/mol. The molecule has 1 heterocycles. The minimum absolute atomic E-state index is 0.0560. The van der Waals surface area contributed by atoms with Crippen LogP contribution in [0.5, 0.6) is 0 Å². The van der Waals surface area contributed by atoms with E-state index in [4.69, 9.17) is 0 Å². The zero-order chi connectivity index (χ0) is 47.3. The van der Waals surface area contributed by atoms with Crippen LogP contribution >= 0.6 is 0 Å². The summed E-state index contributed by atoms with van der Waals surface area (Å²) in [5.74, 6) is 3.13. The lowest BCUT2D eigenvalue weighted by Gasteiger charge is -2.61. The monoisotopic (exact) mass is 922 g/mol. The average Bonchev–Trinajstić information content (AvgIpc) is 3.94. The van der Waals surface area contributed by atoms with Crippen molar-refractivity contribution < 1.29 is 0 Å². The quantitative estimate of drug-likeness (QED) is 0.147. The van der Waals surface area contributed by atoms with Crippen LogP contribution in [0.2, 0.25) is 0 Å². The number of anilines is 3. The number of para-hydroxylation sites is 3. The molecule has 344 valence electrons. The minimum Gasteiger partial charge on any atom is -0.309 e.